The third-order valence-corrected chi connectivity index (χ3v) is 6.40. The smallest absolute Gasteiger partial charge is 0.256 e. The number of ether oxygens (including phenoxy) is 3. The average molecular weight is 480 g/mol. The molecule has 0 N–H and O–H groups in total. The molecular formula is C28H30ClNO4. The molecule has 0 spiro atoms. The van der Waals surface area contributed by atoms with Gasteiger partial charge in [-0.25, -0.2) is 0 Å². The largest absolute Gasteiger partial charge is 0.493 e. The van der Waals surface area contributed by atoms with Gasteiger partial charge in [-0.1, -0.05) is 61.5 Å². The third kappa shape index (κ3) is 4.38. The van der Waals surface area contributed by atoms with Crippen molar-refractivity contribution in [2.24, 2.45) is 0 Å². The lowest BCUT2D eigenvalue weighted by molar-refractivity contribution is -0.162. The van der Waals surface area contributed by atoms with Gasteiger partial charge in [0.05, 0.1) is 13.7 Å². The summed E-state index contributed by atoms with van der Waals surface area (Å²) in [6, 6.07) is 13.3. The summed E-state index contributed by atoms with van der Waals surface area (Å²) in [5, 5.41) is 0.642. The standard InChI is InChI=1S/C28H30ClNO4/c1-4-16-30-27(31)23-8-6-7-9-24(23)28(30,21-11-13-22(29)14-12-21)34-19-20-10-15-25(33-17-5-2)26(18-20)32-3/h5-6,8,10-15,18H,2,4,7,9,16-17,19H2,1,3H3. The number of hydrogen-bond donors (Lipinski definition) is 0. The van der Waals surface area contributed by atoms with E-state index in [9.17, 15) is 4.79 Å². The molecule has 0 aromatic heterocycles. The van der Waals surface area contributed by atoms with Crippen molar-refractivity contribution in [3.05, 3.63) is 94.6 Å². The number of carbonyl (C=O) groups is 1. The van der Waals surface area contributed by atoms with Gasteiger partial charge >= 0.3 is 0 Å². The van der Waals surface area contributed by atoms with Crippen molar-refractivity contribution in [2.45, 2.75) is 38.5 Å². The van der Waals surface area contributed by atoms with Crippen molar-refractivity contribution in [3.8, 4) is 11.5 Å². The quantitative estimate of drug-likeness (QED) is 0.382. The maximum absolute atomic E-state index is 13.5. The Morgan fingerprint density at radius 3 is 2.68 bits per heavy atom. The van der Waals surface area contributed by atoms with Gasteiger partial charge in [-0.3, -0.25) is 4.79 Å². The molecule has 1 amide bonds. The fourth-order valence-electron chi connectivity index (χ4n) is 4.66. The highest BCUT2D eigenvalue weighted by Crippen LogP contribution is 2.49. The van der Waals surface area contributed by atoms with Gasteiger partial charge < -0.3 is 19.1 Å². The van der Waals surface area contributed by atoms with Crippen molar-refractivity contribution in [3.63, 3.8) is 0 Å². The number of nitrogens with zero attached hydrogens (tertiary/aromatic N) is 1. The van der Waals surface area contributed by atoms with Gasteiger partial charge in [0.15, 0.2) is 17.2 Å². The maximum atomic E-state index is 13.5. The van der Waals surface area contributed by atoms with Crippen molar-refractivity contribution in [1.82, 2.24) is 4.90 Å². The van der Waals surface area contributed by atoms with Crippen LogP contribution in [0, 0.1) is 0 Å². The number of rotatable bonds is 10. The van der Waals surface area contributed by atoms with Gasteiger partial charge in [-0.2, -0.15) is 0 Å². The predicted molar refractivity (Wildman–Crippen MR) is 134 cm³/mol. The minimum atomic E-state index is -0.983. The first kappa shape index (κ1) is 24.1. The zero-order chi connectivity index (χ0) is 24.1. The van der Waals surface area contributed by atoms with Crippen molar-refractivity contribution in [2.75, 3.05) is 20.3 Å². The van der Waals surface area contributed by atoms with Crippen LogP contribution < -0.4 is 9.47 Å². The van der Waals surface area contributed by atoms with Crippen LogP contribution in [0.25, 0.3) is 0 Å². The number of benzene rings is 2. The molecule has 0 bridgehead atoms. The summed E-state index contributed by atoms with van der Waals surface area (Å²) in [6.07, 6.45) is 8.14. The Balaban J connectivity index is 1.75. The second-order valence-electron chi connectivity index (χ2n) is 8.31. The molecule has 1 aliphatic carbocycles. The Morgan fingerprint density at radius 2 is 1.97 bits per heavy atom. The Bertz CT molecular complexity index is 1120. The molecule has 6 heteroatoms. The van der Waals surface area contributed by atoms with E-state index in [1.54, 1.807) is 13.2 Å². The fraction of sp³-hybridized carbons (Fsp3) is 0.321. The van der Waals surface area contributed by atoms with Gasteiger partial charge in [0.1, 0.15) is 6.61 Å². The van der Waals surface area contributed by atoms with E-state index in [1.165, 1.54) is 0 Å². The first-order valence-corrected chi connectivity index (χ1v) is 12.0. The molecular weight excluding hydrogens is 450 g/mol. The lowest BCUT2D eigenvalue weighted by atomic mass is 9.87. The maximum Gasteiger partial charge on any atom is 0.256 e. The molecule has 2 aromatic rings. The highest BCUT2D eigenvalue weighted by molar-refractivity contribution is 6.30. The van der Waals surface area contributed by atoms with Crippen molar-refractivity contribution in [1.29, 1.82) is 0 Å². The van der Waals surface area contributed by atoms with E-state index in [1.807, 2.05) is 53.4 Å². The molecule has 0 fully saturated rings. The molecule has 1 atom stereocenters. The van der Waals surface area contributed by atoms with E-state index >= 15 is 0 Å². The molecule has 0 saturated carbocycles. The van der Waals surface area contributed by atoms with Crippen LogP contribution in [0.4, 0.5) is 0 Å². The zero-order valence-corrected chi connectivity index (χ0v) is 20.4. The molecule has 178 valence electrons. The van der Waals surface area contributed by atoms with Crippen molar-refractivity contribution >= 4 is 17.5 Å². The Hall–Kier alpha value is -3.02. The highest BCUT2D eigenvalue weighted by Gasteiger charge is 2.53. The lowest BCUT2D eigenvalue weighted by Gasteiger charge is -2.41. The van der Waals surface area contributed by atoms with Crippen LogP contribution in [-0.4, -0.2) is 31.1 Å². The summed E-state index contributed by atoms with van der Waals surface area (Å²) >= 11 is 6.21. The predicted octanol–water partition coefficient (Wildman–Crippen LogP) is 6.18. The first-order chi connectivity index (χ1) is 16.5. The Morgan fingerprint density at radius 1 is 1.18 bits per heavy atom. The summed E-state index contributed by atoms with van der Waals surface area (Å²) in [5.41, 5.74) is 2.58. The minimum Gasteiger partial charge on any atom is -0.493 e. The summed E-state index contributed by atoms with van der Waals surface area (Å²) in [5.74, 6) is 1.27. The van der Waals surface area contributed by atoms with E-state index in [-0.39, 0.29) is 12.5 Å². The molecule has 4 rings (SSSR count). The number of halogens is 1. The summed E-state index contributed by atoms with van der Waals surface area (Å²) < 4.78 is 18.0. The number of methoxy groups -OCH3 is 1. The second-order valence-corrected chi connectivity index (χ2v) is 8.75. The van der Waals surface area contributed by atoms with Crippen LogP contribution in [0.3, 0.4) is 0 Å². The van der Waals surface area contributed by atoms with E-state index in [0.717, 1.165) is 41.5 Å². The molecule has 2 aliphatic rings. The summed E-state index contributed by atoms with van der Waals surface area (Å²) in [4.78, 5) is 15.4. The lowest BCUT2D eigenvalue weighted by Crippen LogP contribution is -2.48. The number of amides is 1. The molecule has 34 heavy (non-hydrogen) atoms. The first-order valence-electron chi connectivity index (χ1n) is 11.6. The van der Waals surface area contributed by atoms with E-state index in [2.05, 4.69) is 19.6 Å². The van der Waals surface area contributed by atoms with Crippen LogP contribution in [0.15, 0.2) is 78.4 Å². The molecule has 0 saturated heterocycles. The molecule has 5 nitrogen and oxygen atoms in total. The topological polar surface area (TPSA) is 48.0 Å². The van der Waals surface area contributed by atoms with Crippen LogP contribution >= 0.6 is 11.6 Å². The van der Waals surface area contributed by atoms with E-state index < -0.39 is 5.72 Å². The van der Waals surface area contributed by atoms with E-state index in [0.29, 0.717) is 29.7 Å². The van der Waals surface area contributed by atoms with Gasteiger partial charge in [-0.15, -0.1) is 0 Å². The molecule has 1 aliphatic heterocycles. The number of carbonyl (C=O) groups excluding carboxylic acids is 1. The SMILES string of the molecule is C=CCOc1ccc(COC2(c3ccc(Cl)cc3)C3=C(C=CCC3)C(=O)N2CCC)cc1OC. The summed E-state index contributed by atoms with van der Waals surface area (Å²) in [7, 11) is 1.61. The van der Waals surface area contributed by atoms with Crippen LogP contribution in [0.2, 0.25) is 5.02 Å². The highest BCUT2D eigenvalue weighted by atomic mass is 35.5. The fourth-order valence-corrected chi connectivity index (χ4v) is 4.79. The van der Waals surface area contributed by atoms with Gasteiger partial charge in [0.25, 0.3) is 5.91 Å². The zero-order valence-electron chi connectivity index (χ0n) is 19.7. The molecule has 2 aromatic carbocycles. The summed E-state index contributed by atoms with van der Waals surface area (Å²) in [6.45, 7) is 7.02. The monoisotopic (exact) mass is 479 g/mol. The van der Waals surface area contributed by atoms with Gasteiger partial charge in [-0.05, 0) is 54.7 Å². The van der Waals surface area contributed by atoms with Crippen LogP contribution in [0.1, 0.15) is 37.3 Å². The Labute approximate surface area is 206 Å². The third-order valence-electron chi connectivity index (χ3n) is 6.15. The second kappa shape index (κ2) is 10.5. The molecule has 0 radical (unpaired) electrons. The molecule has 1 unspecified atom stereocenters. The van der Waals surface area contributed by atoms with Crippen molar-refractivity contribution < 1.29 is 19.0 Å². The van der Waals surface area contributed by atoms with Gasteiger partial charge in [0, 0.05) is 22.7 Å². The van der Waals surface area contributed by atoms with Crippen LogP contribution in [-0.2, 0) is 21.9 Å². The van der Waals surface area contributed by atoms with E-state index in [4.69, 9.17) is 25.8 Å². The average Bonchev–Trinajstić information content (AvgIpc) is 3.11. The minimum absolute atomic E-state index is 0.00787. The Kier molecular flexibility index (Phi) is 7.44. The van der Waals surface area contributed by atoms with Crippen LogP contribution in [0.5, 0.6) is 11.5 Å². The number of allylic oxidation sites excluding steroid dienone is 1. The molecule has 1 heterocycles. The normalized spacial score (nSPS) is 19.4. The number of hydrogen-bond acceptors (Lipinski definition) is 4. The van der Waals surface area contributed by atoms with Gasteiger partial charge in [0.2, 0.25) is 0 Å².